The van der Waals surface area contributed by atoms with Crippen LogP contribution < -0.4 is 5.32 Å². The van der Waals surface area contributed by atoms with Crippen molar-refractivity contribution in [3.63, 3.8) is 0 Å². The molecule has 0 aliphatic heterocycles. The molecule has 1 amide bonds. The van der Waals surface area contributed by atoms with Gasteiger partial charge >= 0.3 is 11.9 Å². The fourth-order valence-electron chi connectivity index (χ4n) is 1.97. The molecule has 2 aromatic rings. The van der Waals surface area contributed by atoms with Crippen LogP contribution in [0.3, 0.4) is 0 Å². The second kappa shape index (κ2) is 7.17. The van der Waals surface area contributed by atoms with Gasteiger partial charge in [-0.3, -0.25) is 14.9 Å². The summed E-state index contributed by atoms with van der Waals surface area (Å²) >= 11 is 0. The molecule has 0 heterocycles. The second-order valence-electron chi connectivity index (χ2n) is 4.53. The number of esters is 1. The van der Waals surface area contributed by atoms with Crippen LogP contribution in [-0.4, -0.2) is 23.4 Å². The number of anilines is 1. The van der Waals surface area contributed by atoms with Crippen molar-refractivity contribution < 1.29 is 19.2 Å². The zero-order valence-corrected chi connectivity index (χ0v) is 12.3. The molecule has 0 saturated carbocycles. The van der Waals surface area contributed by atoms with Crippen molar-refractivity contribution in [1.82, 2.24) is 0 Å². The number of nitrogens with zero attached hydrogens (tertiary/aromatic N) is 1. The molecule has 0 aromatic heterocycles. The standard InChI is InChI=1S/C16H14N2O5/c1-2-23-16(20)15(19)17-13-9-8-12(10-14(13)18(21)22)11-6-4-3-5-7-11/h3-10H,2H2,1H3,(H,17,19). The molecule has 7 nitrogen and oxygen atoms in total. The minimum atomic E-state index is -1.09. The first kappa shape index (κ1) is 16.2. The van der Waals surface area contributed by atoms with Crippen LogP contribution >= 0.6 is 0 Å². The van der Waals surface area contributed by atoms with Crippen molar-refractivity contribution in [2.75, 3.05) is 11.9 Å². The Morgan fingerprint density at radius 2 is 1.83 bits per heavy atom. The Bertz CT molecular complexity index is 743. The number of nitro groups is 1. The maximum Gasteiger partial charge on any atom is 0.397 e. The van der Waals surface area contributed by atoms with Crippen LogP contribution in [-0.2, 0) is 14.3 Å². The third kappa shape index (κ3) is 3.91. The molecule has 0 bridgehead atoms. The first-order valence-electron chi connectivity index (χ1n) is 6.85. The van der Waals surface area contributed by atoms with Gasteiger partial charge in [0, 0.05) is 6.07 Å². The molecule has 2 aromatic carbocycles. The van der Waals surface area contributed by atoms with Gasteiger partial charge in [0.05, 0.1) is 11.5 Å². The first-order valence-corrected chi connectivity index (χ1v) is 6.85. The highest BCUT2D eigenvalue weighted by molar-refractivity contribution is 6.37. The maximum absolute atomic E-state index is 11.6. The van der Waals surface area contributed by atoms with Crippen molar-refractivity contribution in [2.45, 2.75) is 6.92 Å². The number of nitro benzene ring substituents is 1. The van der Waals surface area contributed by atoms with E-state index in [4.69, 9.17) is 0 Å². The molecule has 0 atom stereocenters. The van der Waals surface area contributed by atoms with E-state index in [2.05, 4.69) is 10.1 Å². The van der Waals surface area contributed by atoms with Crippen LogP contribution in [0.5, 0.6) is 0 Å². The number of hydrogen-bond acceptors (Lipinski definition) is 5. The van der Waals surface area contributed by atoms with Gasteiger partial charge in [0.1, 0.15) is 5.69 Å². The number of rotatable bonds is 4. The normalized spacial score (nSPS) is 9.96. The van der Waals surface area contributed by atoms with Crippen LogP contribution in [0, 0.1) is 10.1 Å². The van der Waals surface area contributed by atoms with Gasteiger partial charge in [0.15, 0.2) is 0 Å². The highest BCUT2D eigenvalue weighted by Crippen LogP contribution is 2.30. The van der Waals surface area contributed by atoms with E-state index < -0.39 is 16.8 Å². The Labute approximate surface area is 132 Å². The van der Waals surface area contributed by atoms with E-state index in [9.17, 15) is 19.7 Å². The third-order valence-electron chi connectivity index (χ3n) is 3.01. The summed E-state index contributed by atoms with van der Waals surface area (Å²) in [6.07, 6.45) is 0. The quantitative estimate of drug-likeness (QED) is 0.405. The van der Waals surface area contributed by atoms with Crippen molar-refractivity contribution in [1.29, 1.82) is 0 Å². The number of hydrogen-bond donors (Lipinski definition) is 1. The molecular formula is C16H14N2O5. The highest BCUT2D eigenvalue weighted by atomic mass is 16.6. The number of nitrogens with one attached hydrogen (secondary N) is 1. The van der Waals surface area contributed by atoms with Gasteiger partial charge in [0.2, 0.25) is 0 Å². The van der Waals surface area contributed by atoms with Crippen molar-refractivity contribution in [3.05, 3.63) is 58.6 Å². The van der Waals surface area contributed by atoms with Gasteiger partial charge < -0.3 is 10.1 Å². The van der Waals surface area contributed by atoms with Gasteiger partial charge in [-0.15, -0.1) is 0 Å². The average Bonchev–Trinajstić information content (AvgIpc) is 2.56. The van der Waals surface area contributed by atoms with Crippen molar-refractivity contribution >= 4 is 23.3 Å². The van der Waals surface area contributed by atoms with E-state index in [1.54, 1.807) is 13.0 Å². The summed E-state index contributed by atoms with van der Waals surface area (Å²) in [7, 11) is 0. The maximum atomic E-state index is 11.6. The molecule has 0 aliphatic carbocycles. The van der Waals surface area contributed by atoms with E-state index in [-0.39, 0.29) is 18.0 Å². The van der Waals surface area contributed by atoms with Gasteiger partial charge in [-0.25, -0.2) is 4.79 Å². The summed E-state index contributed by atoms with van der Waals surface area (Å²) in [5.74, 6) is -2.14. The van der Waals surface area contributed by atoms with Crippen molar-refractivity contribution in [3.8, 4) is 11.1 Å². The zero-order valence-electron chi connectivity index (χ0n) is 12.3. The number of benzene rings is 2. The highest BCUT2D eigenvalue weighted by Gasteiger charge is 2.21. The fraction of sp³-hybridized carbons (Fsp3) is 0.125. The van der Waals surface area contributed by atoms with E-state index in [1.165, 1.54) is 12.1 Å². The Balaban J connectivity index is 2.32. The lowest BCUT2D eigenvalue weighted by Crippen LogP contribution is -2.25. The van der Waals surface area contributed by atoms with Crippen LogP contribution in [0.2, 0.25) is 0 Å². The minimum absolute atomic E-state index is 0.0429. The molecule has 2 rings (SSSR count). The van der Waals surface area contributed by atoms with E-state index in [1.807, 2.05) is 30.3 Å². The summed E-state index contributed by atoms with van der Waals surface area (Å²) in [5.41, 5.74) is 1.07. The molecular weight excluding hydrogens is 300 g/mol. The lowest BCUT2D eigenvalue weighted by molar-refractivity contribution is -0.383. The number of carbonyl (C=O) groups is 2. The smallest absolute Gasteiger partial charge is 0.397 e. The fourth-order valence-corrected chi connectivity index (χ4v) is 1.97. The SMILES string of the molecule is CCOC(=O)C(=O)Nc1ccc(-c2ccccc2)cc1[N+](=O)[O-]. The van der Waals surface area contributed by atoms with E-state index in [0.717, 1.165) is 5.56 Å². The molecule has 0 radical (unpaired) electrons. The van der Waals surface area contributed by atoms with Crippen LogP contribution in [0.4, 0.5) is 11.4 Å². The van der Waals surface area contributed by atoms with E-state index >= 15 is 0 Å². The lowest BCUT2D eigenvalue weighted by Gasteiger charge is -2.07. The average molecular weight is 314 g/mol. The van der Waals surface area contributed by atoms with Crippen molar-refractivity contribution in [2.24, 2.45) is 0 Å². The minimum Gasteiger partial charge on any atom is -0.459 e. The number of amides is 1. The molecule has 7 heteroatoms. The van der Waals surface area contributed by atoms with Crippen LogP contribution in [0.15, 0.2) is 48.5 Å². The molecule has 1 N–H and O–H groups in total. The topological polar surface area (TPSA) is 98.5 Å². The first-order chi connectivity index (χ1) is 11.0. The Morgan fingerprint density at radius 3 is 2.43 bits per heavy atom. The number of carbonyl (C=O) groups excluding carboxylic acids is 2. The Kier molecular flexibility index (Phi) is 5.03. The predicted molar refractivity (Wildman–Crippen MR) is 83.8 cm³/mol. The molecule has 0 unspecified atom stereocenters. The predicted octanol–water partition coefficient (Wildman–Crippen LogP) is 2.76. The molecule has 0 fully saturated rings. The van der Waals surface area contributed by atoms with E-state index in [0.29, 0.717) is 5.56 Å². The molecule has 23 heavy (non-hydrogen) atoms. The van der Waals surface area contributed by atoms with Gasteiger partial charge in [-0.2, -0.15) is 0 Å². The molecule has 0 saturated heterocycles. The summed E-state index contributed by atoms with van der Waals surface area (Å²) in [5, 5.41) is 13.4. The Morgan fingerprint density at radius 1 is 1.13 bits per heavy atom. The molecule has 118 valence electrons. The van der Waals surface area contributed by atoms with Gasteiger partial charge in [-0.05, 0) is 24.1 Å². The van der Waals surface area contributed by atoms with Crippen LogP contribution in [0.1, 0.15) is 6.92 Å². The summed E-state index contributed by atoms with van der Waals surface area (Å²) in [6, 6.07) is 13.5. The summed E-state index contributed by atoms with van der Waals surface area (Å²) < 4.78 is 4.55. The monoisotopic (exact) mass is 314 g/mol. The summed E-state index contributed by atoms with van der Waals surface area (Å²) in [4.78, 5) is 33.5. The van der Waals surface area contributed by atoms with Gasteiger partial charge in [-0.1, -0.05) is 36.4 Å². The summed E-state index contributed by atoms with van der Waals surface area (Å²) in [6.45, 7) is 1.60. The Hall–Kier alpha value is -3.22. The third-order valence-corrected chi connectivity index (χ3v) is 3.01. The largest absolute Gasteiger partial charge is 0.459 e. The lowest BCUT2D eigenvalue weighted by atomic mass is 10.0. The number of ether oxygens (including phenoxy) is 1. The van der Waals surface area contributed by atoms with Crippen LogP contribution in [0.25, 0.3) is 11.1 Å². The second-order valence-corrected chi connectivity index (χ2v) is 4.53. The van der Waals surface area contributed by atoms with Gasteiger partial charge in [0.25, 0.3) is 5.69 Å². The zero-order chi connectivity index (χ0) is 16.8. The molecule has 0 aliphatic rings. The molecule has 0 spiro atoms.